The molecule has 0 saturated heterocycles. The van der Waals surface area contributed by atoms with Crippen molar-refractivity contribution in [2.75, 3.05) is 26.8 Å². The third-order valence-electron chi connectivity index (χ3n) is 4.10. The lowest BCUT2D eigenvalue weighted by Gasteiger charge is -2.37. The van der Waals surface area contributed by atoms with Crippen molar-refractivity contribution in [1.82, 2.24) is 4.90 Å². The molecule has 2 unspecified atom stereocenters. The van der Waals surface area contributed by atoms with Gasteiger partial charge in [-0.05, 0) is 18.8 Å². The Kier molecular flexibility index (Phi) is 7.28. The molecule has 4 nitrogen and oxygen atoms in total. The lowest BCUT2D eigenvalue weighted by molar-refractivity contribution is 0.0903. The fourth-order valence-electron chi connectivity index (χ4n) is 2.91. The van der Waals surface area contributed by atoms with Crippen LogP contribution in [0.2, 0.25) is 0 Å². The van der Waals surface area contributed by atoms with E-state index in [9.17, 15) is 0 Å². The SMILES string of the molecule is CCC1CCCC(N(CCOC)CCC(=N)N)C1. The molecule has 18 heavy (non-hydrogen) atoms. The molecule has 1 aliphatic rings. The number of nitrogens with two attached hydrogens (primary N) is 1. The van der Waals surface area contributed by atoms with Gasteiger partial charge >= 0.3 is 0 Å². The molecular weight excluding hydrogens is 226 g/mol. The van der Waals surface area contributed by atoms with Gasteiger partial charge in [0.2, 0.25) is 0 Å². The van der Waals surface area contributed by atoms with Gasteiger partial charge < -0.3 is 10.5 Å². The van der Waals surface area contributed by atoms with Crippen molar-refractivity contribution in [3.05, 3.63) is 0 Å². The lowest BCUT2D eigenvalue weighted by atomic mass is 9.83. The molecule has 0 bridgehead atoms. The number of hydrogen-bond donors (Lipinski definition) is 2. The first-order valence-corrected chi connectivity index (χ1v) is 7.23. The number of methoxy groups -OCH3 is 1. The molecule has 1 fully saturated rings. The highest BCUT2D eigenvalue weighted by atomic mass is 16.5. The molecule has 0 aromatic carbocycles. The van der Waals surface area contributed by atoms with Crippen LogP contribution in [0.5, 0.6) is 0 Å². The molecule has 2 atom stereocenters. The topological polar surface area (TPSA) is 62.3 Å². The quantitative estimate of drug-likeness (QED) is 0.516. The predicted molar refractivity (Wildman–Crippen MR) is 76.0 cm³/mol. The third-order valence-corrected chi connectivity index (χ3v) is 4.10. The number of nitrogens with one attached hydrogen (secondary N) is 1. The van der Waals surface area contributed by atoms with Crippen molar-refractivity contribution in [1.29, 1.82) is 5.41 Å². The summed E-state index contributed by atoms with van der Waals surface area (Å²) in [5.41, 5.74) is 5.48. The number of rotatable bonds is 8. The summed E-state index contributed by atoms with van der Waals surface area (Å²) in [6.45, 7) is 4.93. The first kappa shape index (κ1) is 15.4. The zero-order chi connectivity index (χ0) is 13.4. The molecule has 4 heteroatoms. The minimum absolute atomic E-state index is 0.292. The second-order valence-electron chi connectivity index (χ2n) is 5.40. The fourth-order valence-corrected chi connectivity index (χ4v) is 2.91. The van der Waals surface area contributed by atoms with Gasteiger partial charge in [-0.15, -0.1) is 0 Å². The number of nitrogens with zero attached hydrogens (tertiary/aromatic N) is 1. The maximum atomic E-state index is 7.37. The molecule has 1 saturated carbocycles. The van der Waals surface area contributed by atoms with Crippen LogP contribution in [0.25, 0.3) is 0 Å². The minimum atomic E-state index is 0.292. The molecule has 1 aliphatic carbocycles. The number of amidine groups is 1. The van der Waals surface area contributed by atoms with Crippen LogP contribution < -0.4 is 5.73 Å². The van der Waals surface area contributed by atoms with Crippen LogP contribution >= 0.6 is 0 Å². The van der Waals surface area contributed by atoms with E-state index in [1.165, 1.54) is 32.1 Å². The summed E-state index contributed by atoms with van der Waals surface area (Å²) in [5.74, 6) is 1.17. The van der Waals surface area contributed by atoms with Crippen LogP contribution in [0.15, 0.2) is 0 Å². The summed E-state index contributed by atoms with van der Waals surface area (Å²) in [4.78, 5) is 2.48. The van der Waals surface area contributed by atoms with Crippen LogP contribution in [0.3, 0.4) is 0 Å². The van der Waals surface area contributed by atoms with E-state index in [-0.39, 0.29) is 0 Å². The first-order valence-electron chi connectivity index (χ1n) is 7.23. The van der Waals surface area contributed by atoms with E-state index in [2.05, 4.69) is 11.8 Å². The second-order valence-corrected chi connectivity index (χ2v) is 5.40. The summed E-state index contributed by atoms with van der Waals surface area (Å²) in [6.07, 6.45) is 7.29. The third kappa shape index (κ3) is 5.36. The molecule has 0 radical (unpaired) electrons. The molecule has 0 aromatic heterocycles. The van der Waals surface area contributed by atoms with Gasteiger partial charge in [0.1, 0.15) is 0 Å². The maximum Gasteiger partial charge on any atom is 0.0918 e. The van der Waals surface area contributed by atoms with E-state index in [1.807, 2.05) is 0 Å². The molecular formula is C14H29N3O. The van der Waals surface area contributed by atoms with Crippen LogP contribution in [0, 0.1) is 11.3 Å². The Hall–Kier alpha value is -0.610. The summed E-state index contributed by atoms with van der Waals surface area (Å²) < 4.78 is 5.20. The van der Waals surface area contributed by atoms with Gasteiger partial charge in [0.15, 0.2) is 0 Å². The molecule has 0 aliphatic heterocycles. The first-order chi connectivity index (χ1) is 8.67. The summed E-state index contributed by atoms with van der Waals surface area (Å²) in [5, 5.41) is 7.37. The van der Waals surface area contributed by atoms with E-state index in [4.69, 9.17) is 15.9 Å². The lowest BCUT2D eigenvalue weighted by Crippen LogP contribution is -2.42. The number of ether oxygens (including phenoxy) is 1. The van der Waals surface area contributed by atoms with Gasteiger partial charge in [-0.25, -0.2) is 0 Å². The van der Waals surface area contributed by atoms with Crippen molar-refractivity contribution < 1.29 is 4.74 Å². The van der Waals surface area contributed by atoms with E-state index in [0.717, 1.165) is 25.6 Å². The van der Waals surface area contributed by atoms with E-state index >= 15 is 0 Å². The standard InChI is InChI=1S/C14H29N3O/c1-3-12-5-4-6-13(11-12)17(9-10-18-2)8-7-14(15)16/h12-13H,3-11H2,1-2H3,(H3,15,16). The van der Waals surface area contributed by atoms with Crippen molar-refractivity contribution in [2.45, 2.75) is 51.5 Å². The maximum absolute atomic E-state index is 7.37. The Bertz CT molecular complexity index is 245. The molecule has 0 aromatic rings. The summed E-state index contributed by atoms with van der Waals surface area (Å²) in [6, 6.07) is 0.665. The predicted octanol–water partition coefficient (Wildman–Crippen LogP) is 2.23. The van der Waals surface area contributed by atoms with Crippen molar-refractivity contribution in [2.24, 2.45) is 11.7 Å². The Morgan fingerprint density at radius 3 is 2.78 bits per heavy atom. The second kappa shape index (κ2) is 8.48. The molecule has 1 rings (SSSR count). The van der Waals surface area contributed by atoms with Gasteiger partial charge in [0.05, 0.1) is 12.4 Å². The Morgan fingerprint density at radius 2 is 2.17 bits per heavy atom. The molecule has 3 N–H and O–H groups in total. The molecule has 106 valence electrons. The smallest absolute Gasteiger partial charge is 0.0918 e. The van der Waals surface area contributed by atoms with E-state index < -0.39 is 0 Å². The van der Waals surface area contributed by atoms with Crippen LogP contribution in [0.4, 0.5) is 0 Å². The summed E-state index contributed by atoms with van der Waals surface area (Å²) in [7, 11) is 1.75. The monoisotopic (exact) mass is 255 g/mol. The molecule has 0 spiro atoms. The van der Waals surface area contributed by atoms with E-state index in [1.54, 1.807) is 7.11 Å². The van der Waals surface area contributed by atoms with Crippen molar-refractivity contribution in [3.8, 4) is 0 Å². The van der Waals surface area contributed by atoms with Crippen molar-refractivity contribution >= 4 is 5.84 Å². The minimum Gasteiger partial charge on any atom is -0.388 e. The average Bonchev–Trinajstić information content (AvgIpc) is 2.38. The highest BCUT2D eigenvalue weighted by molar-refractivity contribution is 5.76. The Balaban J connectivity index is 2.48. The Morgan fingerprint density at radius 1 is 1.39 bits per heavy atom. The average molecular weight is 255 g/mol. The van der Waals surface area contributed by atoms with Gasteiger partial charge in [-0.1, -0.05) is 26.2 Å². The number of hydrogen-bond acceptors (Lipinski definition) is 3. The molecule has 0 heterocycles. The van der Waals surface area contributed by atoms with Gasteiger partial charge in [-0.2, -0.15) is 0 Å². The zero-order valence-corrected chi connectivity index (χ0v) is 12.0. The van der Waals surface area contributed by atoms with Crippen LogP contribution in [0.1, 0.15) is 45.4 Å². The summed E-state index contributed by atoms with van der Waals surface area (Å²) >= 11 is 0. The van der Waals surface area contributed by atoms with Crippen LogP contribution in [-0.2, 0) is 4.74 Å². The van der Waals surface area contributed by atoms with Crippen LogP contribution in [-0.4, -0.2) is 43.6 Å². The zero-order valence-electron chi connectivity index (χ0n) is 12.0. The highest BCUT2D eigenvalue weighted by Gasteiger charge is 2.25. The van der Waals surface area contributed by atoms with E-state index in [0.29, 0.717) is 18.3 Å². The normalized spacial score (nSPS) is 24.4. The van der Waals surface area contributed by atoms with Gasteiger partial charge in [-0.3, -0.25) is 10.3 Å². The highest BCUT2D eigenvalue weighted by Crippen LogP contribution is 2.29. The molecule has 0 amide bonds. The van der Waals surface area contributed by atoms with Gasteiger partial charge in [0.25, 0.3) is 0 Å². The Labute approximate surface area is 111 Å². The fraction of sp³-hybridized carbons (Fsp3) is 0.929. The van der Waals surface area contributed by atoms with Gasteiger partial charge in [0, 0.05) is 32.7 Å². The largest absolute Gasteiger partial charge is 0.388 e. The van der Waals surface area contributed by atoms with Crippen molar-refractivity contribution in [3.63, 3.8) is 0 Å².